The zero-order chi connectivity index (χ0) is 18.6. The Bertz CT molecular complexity index is 793. The van der Waals surface area contributed by atoms with Crippen LogP contribution in [0.4, 0.5) is 11.9 Å². The molecule has 0 atom stereocenters. The Morgan fingerprint density at radius 2 is 1.44 bits per heavy atom. The van der Waals surface area contributed by atoms with Crippen LogP contribution in [0.25, 0.3) is 0 Å². The Morgan fingerprint density at radius 1 is 0.920 bits per heavy atom. The van der Waals surface area contributed by atoms with Gasteiger partial charge < -0.3 is 9.80 Å². The van der Waals surface area contributed by atoms with E-state index in [9.17, 15) is 8.42 Å². The van der Waals surface area contributed by atoms with Crippen LogP contribution < -0.4 is 14.5 Å². The van der Waals surface area contributed by atoms with Gasteiger partial charge in [-0.3, -0.25) is 0 Å². The number of nitrogens with zero attached hydrogens (tertiary/aromatic N) is 5. The van der Waals surface area contributed by atoms with Gasteiger partial charge >= 0.3 is 0 Å². The normalized spacial score (nSPS) is 11.4. The average Bonchev–Trinajstić information content (AvgIpc) is 2.59. The highest BCUT2D eigenvalue weighted by Crippen LogP contribution is 2.13. The lowest BCUT2D eigenvalue weighted by Gasteiger charge is -2.16. The van der Waals surface area contributed by atoms with Crippen LogP contribution in [0.2, 0.25) is 0 Å². The highest BCUT2D eigenvalue weighted by atomic mass is 32.2. The summed E-state index contributed by atoms with van der Waals surface area (Å²) in [5.41, 5.74) is 1.09. The van der Waals surface area contributed by atoms with Gasteiger partial charge in [-0.05, 0) is 24.1 Å². The van der Waals surface area contributed by atoms with E-state index in [1.807, 2.05) is 47.2 Å². The summed E-state index contributed by atoms with van der Waals surface area (Å²) in [5, 5.41) is 0. The number of aryl methyl sites for hydroxylation is 1. The molecule has 0 aliphatic rings. The number of hydrogen-bond donors (Lipinski definition) is 1. The molecule has 1 heterocycles. The summed E-state index contributed by atoms with van der Waals surface area (Å²) in [4.78, 5) is 16.6. The van der Waals surface area contributed by atoms with Crippen molar-refractivity contribution >= 4 is 21.9 Å². The first-order chi connectivity index (χ1) is 11.7. The standard InChI is InChI=1S/C16H24N6O2S/c1-6-12-7-9-13(10-8-12)25(23,24)17-11-14-18-15(21(2)3)20-16(19-14)22(4)5/h7-10,17H,6,11H2,1-5H3. The molecule has 0 aliphatic heterocycles. The molecule has 25 heavy (non-hydrogen) atoms. The van der Waals surface area contributed by atoms with E-state index < -0.39 is 10.0 Å². The molecule has 0 aliphatic carbocycles. The van der Waals surface area contributed by atoms with E-state index in [1.165, 1.54) is 0 Å². The van der Waals surface area contributed by atoms with Gasteiger partial charge in [-0.2, -0.15) is 15.0 Å². The van der Waals surface area contributed by atoms with Gasteiger partial charge in [0.25, 0.3) is 0 Å². The molecule has 0 unspecified atom stereocenters. The van der Waals surface area contributed by atoms with Crippen molar-refractivity contribution in [1.82, 2.24) is 19.7 Å². The second kappa shape index (κ2) is 7.75. The van der Waals surface area contributed by atoms with Crippen molar-refractivity contribution in [1.29, 1.82) is 0 Å². The maximum atomic E-state index is 12.4. The van der Waals surface area contributed by atoms with Crippen molar-refractivity contribution in [3.63, 3.8) is 0 Å². The largest absolute Gasteiger partial charge is 0.347 e. The van der Waals surface area contributed by atoms with Crippen LogP contribution in [0, 0.1) is 0 Å². The SMILES string of the molecule is CCc1ccc(S(=O)(=O)NCc2nc(N(C)C)nc(N(C)C)n2)cc1. The molecular formula is C16H24N6O2S. The topological polar surface area (TPSA) is 91.3 Å². The summed E-state index contributed by atoms with van der Waals surface area (Å²) in [6, 6.07) is 6.83. The molecule has 1 aromatic heterocycles. The van der Waals surface area contributed by atoms with Crippen LogP contribution >= 0.6 is 0 Å². The molecular weight excluding hydrogens is 340 g/mol. The number of aromatic nitrogens is 3. The second-order valence-electron chi connectivity index (χ2n) is 5.96. The first-order valence-electron chi connectivity index (χ1n) is 7.91. The fourth-order valence-electron chi connectivity index (χ4n) is 2.02. The molecule has 0 fully saturated rings. The predicted molar refractivity (Wildman–Crippen MR) is 98.3 cm³/mol. The molecule has 0 saturated heterocycles. The summed E-state index contributed by atoms with van der Waals surface area (Å²) in [6.07, 6.45) is 0.860. The smallest absolute Gasteiger partial charge is 0.240 e. The number of sulfonamides is 1. The summed E-state index contributed by atoms with van der Waals surface area (Å²) >= 11 is 0. The molecule has 0 amide bonds. The van der Waals surface area contributed by atoms with E-state index in [0.717, 1.165) is 12.0 Å². The highest BCUT2D eigenvalue weighted by molar-refractivity contribution is 7.89. The lowest BCUT2D eigenvalue weighted by Crippen LogP contribution is -2.26. The van der Waals surface area contributed by atoms with Crippen molar-refractivity contribution in [3.8, 4) is 0 Å². The van der Waals surface area contributed by atoms with Gasteiger partial charge in [-0.25, -0.2) is 13.1 Å². The van der Waals surface area contributed by atoms with Crippen molar-refractivity contribution in [2.75, 3.05) is 38.0 Å². The third kappa shape index (κ3) is 4.86. The van der Waals surface area contributed by atoms with Crippen molar-refractivity contribution in [2.45, 2.75) is 24.8 Å². The van der Waals surface area contributed by atoms with Crippen LogP contribution in [-0.2, 0) is 23.0 Å². The minimum Gasteiger partial charge on any atom is -0.347 e. The molecule has 0 saturated carbocycles. The monoisotopic (exact) mass is 364 g/mol. The van der Waals surface area contributed by atoms with E-state index in [2.05, 4.69) is 19.7 Å². The zero-order valence-electron chi connectivity index (χ0n) is 15.2. The van der Waals surface area contributed by atoms with E-state index in [0.29, 0.717) is 17.7 Å². The molecule has 8 nitrogen and oxygen atoms in total. The third-order valence-electron chi connectivity index (χ3n) is 3.52. The van der Waals surface area contributed by atoms with Gasteiger partial charge in [0.15, 0.2) is 5.82 Å². The second-order valence-corrected chi connectivity index (χ2v) is 7.73. The molecule has 2 aromatic rings. The molecule has 136 valence electrons. The number of nitrogens with one attached hydrogen (secondary N) is 1. The number of anilines is 2. The van der Waals surface area contributed by atoms with Gasteiger partial charge in [-0.15, -0.1) is 0 Å². The molecule has 2 rings (SSSR count). The fourth-order valence-corrected chi connectivity index (χ4v) is 3.00. The van der Waals surface area contributed by atoms with E-state index >= 15 is 0 Å². The van der Waals surface area contributed by atoms with Gasteiger partial charge in [0, 0.05) is 28.2 Å². The molecule has 0 spiro atoms. The molecule has 0 bridgehead atoms. The fraction of sp³-hybridized carbons (Fsp3) is 0.438. The highest BCUT2D eigenvalue weighted by Gasteiger charge is 2.16. The lowest BCUT2D eigenvalue weighted by atomic mass is 10.2. The first kappa shape index (κ1) is 19.1. The molecule has 1 N–H and O–H groups in total. The average molecular weight is 364 g/mol. The van der Waals surface area contributed by atoms with Gasteiger partial charge in [0.1, 0.15) is 0 Å². The van der Waals surface area contributed by atoms with Crippen LogP contribution in [0.5, 0.6) is 0 Å². The summed E-state index contributed by atoms with van der Waals surface area (Å²) < 4.78 is 27.4. The maximum Gasteiger partial charge on any atom is 0.240 e. The predicted octanol–water partition coefficient (Wildman–Crippen LogP) is 1.04. The summed E-state index contributed by atoms with van der Waals surface area (Å²) in [7, 11) is 3.64. The zero-order valence-corrected chi connectivity index (χ0v) is 16.0. The Balaban J connectivity index is 2.21. The lowest BCUT2D eigenvalue weighted by molar-refractivity contribution is 0.579. The van der Waals surface area contributed by atoms with Crippen LogP contribution in [-0.4, -0.2) is 51.6 Å². The minimum absolute atomic E-state index is 0.0118. The maximum absolute atomic E-state index is 12.4. The van der Waals surface area contributed by atoms with Gasteiger partial charge in [0.2, 0.25) is 21.9 Å². The number of hydrogen-bond acceptors (Lipinski definition) is 7. The Morgan fingerprint density at radius 3 is 1.88 bits per heavy atom. The summed E-state index contributed by atoms with van der Waals surface area (Å²) in [5.74, 6) is 1.30. The number of rotatable bonds is 7. The van der Waals surface area contributed by atoms with Crippen molar-refractivity contribution in [2.24, 2.45) is 0 Å². The van der Waals surface area contributed by atoms with Crippen LogP contribution in [0.3, 0.4) is 0 Å². The van der Waals surface area contributed by atoms with Crippen LogP contribution in [0.1, 0.15) is 18.3 Å². The quantitative estimate of drug-likeness (QED) is 0.785. The van der Waals surface area contributed by atoms with Crippen molar-refractivity contribution in [3.05, 3.63) is 35.7 Å². The van der Waals surface area contributed by atoms with Gasteiger partial charge in [0.05, 0.1) is 11.4 Å². The van der Waals surface area contributed by atoms with Crippen LogP contribution in [0.15, 0.2) is 29.2 Å². The Hall–Kier alpha value is -2.26. The number of benzene rings is 1. The molecule has 0 radical (unpaired) electrons. The van der Waals surface area contributed by atoms with E-state index in [-0.39, 0.29) is 11.4 Å². The Kier molecular flexibility index (Phi) is 5.91. The van der Waals surface area contributed by atoms with Gasteiger partial charge in [-0.1, -0.05) is 19.1 Å². The molecule has 1 aromatic carbocycles. The molecule has 9 heteroatoms. The van der Waals surface area contributed by atoms with Crippen molar-refractivity contribution < 1.29 is 8.42 Å². The first-order valence-corrected chi connectivity index (χ1v) is 9.39. The third-order valence-corrected chi connectivity index (χ3v) is 4.94. The minimum atomic E-state index is -3.63. The Labute approximate surface area is 149 Å². The van der Waals surface area contributed by atoms with E-state index in [1.54, 1.807) is 21.9 Å². The summed E-state index contributed by atoms with van der Waals surface area (Å²) in [6.45, 7) is 2.01. The van der Waals surface area contributed by atoms with E-state index in [4.69, 9.17) is 0 Å².